The Bertz CT molecular complexity index is 221. The van der Waals surface area contributed by atoms with E-state index in [2.05, 4.69) is 12.2 Å². The molecule has 1 heterocycles. The molecule has 17 heavy (non-hydrogen) atoms. The van der Waals surface area contributed by atoms with Crippen molar-refractivity contribution in [3.8, 4) is 0 Å². The fourth-order valence-corrected chi connectivity index (χ4v) is 3.10. The van der Waals surface area contributed by atoms with Crippen LogP contribution in [0.1, 0.15) is 32.6 Å². The topological polar surface area (TPSA) is 52.6 Å². The molecule has 2 amide bonds. The van der Waals surface area contributed by atoms with Crippen LogP contribution < -0.4 is 5.32 Å². The first kappa shape index (κ1) is 14.6. The summed E-state index contributed by atoms with van der Waals surface area (Å²) in [5.41, 5.74) is 0. The van der Waals surface area contributed by atoms with Crippen LogP contribution in [0.4, 0.5) is 4.79 Å². The number of thioether (sulfide) groups is 1. The summed E-state index contributed by atoms with van der Waals surface area (Å²) < 4.78 is 0. The number of nitrogens with zero attached hydrogens (tertiary/aromatic N) is 1. The molecule has 1 aliphatic rings. The van der Waals surface area contributed by atoms with Crippen molar-refractivity contribution in [2.45, 2.75) is 37.9 Å². The summed E-state index contributed by atoms with van der Waals surface area (Å²) in [6, 6.07) is -0.0278. The first-order valence-electron chi connectivity index (χ1n) is 6.53. The summed E-state index contributed by atoms with van der Waals surface area (Å²) >= 11 is 1.94. The van der Waals surface area contributed by atoms with Gasteiger partial charge in [-0.2, -0.15) is 11.8 Å². The van der Waals surface area contributed by atoms with Crippen molar-refractivity contribution >= 4 is 17.8 Å². The van der Waals surface area contributed by atoms with E-state index in [9.17, 15) is 4.79 Å². The van der Waals surface area contributed by atoms with Crippen molar-refractivity contribution < 1.29 is 9.90 Å². The molecule has 100 valence electrons. The van der Waals surface area contributed by atoms with E-state index in [0.29, 0.717) is 11.8 Å². The number of carbonyl (C=O) groups is 1. The van der Waals surface area contributed by atoms with Crippen molar-refractivity contribution in [2.24, 2.45) is 0 Å². The fraction of sp³-hybridized carbons (Fsp3) is 0.917. The molecule has 1 rings (SSSR count). The molecule has 1 atom stereocenters. The van der Waals surface area contributed by atoms with E-state index < -0.39 is 0 Å². The standard InChI is InChI=1S/C12H24N2O2S/c1-2-3-6-14(7-8-15)12(16)13-10-11-5-4-9-17-11/h11,15H,2-10H2,1H3,(H,13,16). The largest absolute Gasteiger partial charge is 0.395 e. The highest BCUT2D eigenvalue weighted by atomic mass is 32.2. The smallest absolute Gasteiger partial charge is 0.317 e. The fourth-order valence-electron chi connectivity index (χ4n) is 1.90. The van der Waals surface area contributed by atoms with Gasteiger partial charge < -0.3 is 15.3 Å². The third-order valence-electron chi connectivity index (χ3n) is 2.94. The van der Waals surface area contributed by atoms with Gasteiger partial charge >= 0.3 is 6.03 Å². The van der Waals surface area contributed by atoms with E-state index in [-0.39, 0.29) is 12.6 Å². The van der Waals surface area contributed by atoms with Crippen LogP contribution in [0.15, 0.2) is 0 Å². The van der Waals surface area contributed by atoms with Gasteiger partial charge in [0.1, 0.15) is 0 Å². The summed E-state index contributed by atoms with van der Waals surface area (Å²) in [5, 5.41) is 12.5. The zero-order chi connectivity index (χ0) is 12.5. The molecule has 1 unspecified atom stereocenters. The number of amides is 2. The highest BCUT2D eigenvalue weighted by Crippen LogP contribution is 2.25. The SMILES string of the molecule is CCCCN(CCO)C(=O)NCC1CCCS1. The molecule has 1 saturated heterocycles. The normalized spacial score (nSPS) is 19.3. The Morgan fingerprint density at radius 3 is 2.94 bits per heavy atom. The average Bonchev–Trinajstić information content (AvgIpc) is 2.84. The molecule has 1 fully saturated rings. The van der Waals surface area contributed by atoms with Gasteiger partial charge in [0, 0.05) is 24.9 Å². The van der Waals surface area contributed by atoms with E-state index in [4.69, 9.17) is 5.11 Å². The number of urea groups is 1. The Hall–Kier alpha value is -0.420. The molecule has 5 heteroatoms. The second-order valence-corrected chi connectivity index (χ2v) is 5.79. The Morgan fingerprint density at radius 2 is 2.35 bits per heavy atom. The second kappa shape index (κ2) is 8.64. The Morgan fingerprint density at radius 1 is 1.53 bits per heavy atom. The molecule has 2 N–H and O–H groups in total. The molecule has 0 bridgehead atoms. The number of rotatable bonds is 7. The minimum Gasteiger partial charge on any atom is -0.395 e. The predicted molar refractivity (Wildman–Crippen MR) is 72.4 cm³/mol. The van der Waals surface area contributed by atoms with Crippen LogP contribution in [0.2, 0.25) is 0 Å². The summed E-state index contributed by atoms with van der Waals surface area (Å²) in [6.45, 7) is 4.07. The lowest BCUT2D eigenvalue weighted by Gasteiger charge is -2.22. The maximum atomic E-state index is 11.9. The molecule has 0 radical (unpaired) electrons. The minimum atomic E-state index is -0.0278. The number of carbonyl (C=O) groups excluding carboxylic acids is 1. The molecule has 0 aromatic heterocycles. The van der Waals surface area contributed by atoms with Gasteiger partial charge in [-0.05, 0) is 25.0 Å². The molecule has 1 aliphatic heterocycles. The number of hydrogen-bond acceptors (Lipinski definition) is 3. The van der Waals surface area contributed by atoms with Gasteiger partial charge in [-0.3, -0.25) is 0 Å². The predicted octanol–water partition coefficient (Wildman–Crippen LogP) is 1.69. The third kappa shape index (κ3) is 5.64. The molecule has 0 aromatic rings. The van der Waals surface area contributed by atoms with Crippen molar-refractivity contribution in [1.82, 2.24) is 10.2 Å². The third-order valence-corrected chi connectivity index (χ3v) is 4.34. The van der Waals surface area contributed by atoms with Gasteiger partial charge in [0.05, 0.1) is 6.61 Å². The van der Waals surface area contributed by atoms with Gasteiger partial charge in [0.25, 0.3) is 0 Å². The van der Waals surface area contributed by atoms with Crippen LogP contribution in [0, 0.1) is 0 Å². The van der Waals surface area contributed by atoms with Crippen LogP contribution in [-0.2, 0) is 0 Å². The van der Waals surface area contributed by atoms with E-state index in [1.807, 2.05) is 11.8 Å². The maximum Gasteiger partial charge on any atom is 0.317 e. The summed E-state index contributed by atoms with van der Waals surface area (Å²) in [7, 11) is 0. The van der Waals surface area contributed by atoms with Crippen molar-refractivity contribution in [3.63, 3.8) is 0 Å². The Labute approximate surface area is 108 Å². The highest BCUT2D eigenvalue weighted by molar-refractivity contribution is 8.00. The van der Waals surface area contributed by atoms with Gasteiger partial charge in [-0.15, -0.1) is 0 Å². The molecule has 0 aromatic carbocycles. The first-order valence-corrected chi connectivity index (χ1v) is 7.58. The summed E-state index contributed by atoms with van der Waals surface area (Å²) in [5.74, 6) is 1.22. The molecule has 0 spiro atoms. The lowest BCUT2D eigenvalue weighted by atomic mass is 10.2. The van der Waals surface area contributed by atoms with Gasteiger partial charge in [0.2, 0.25) is 0 Å². The van der Waals surface area contributed by atoms with Crippen LogP contribution in [-0.4, -0.2) is 53.3 Å². The van der Waals surface area contributed by atoms with Crippen LogP contribution in [0.25, 0.3) is 0 Å². The minimum absolute atomic E-state index is 0.0278. The lowest BCUT2D eigenvalue weighted by molar-refractivity contribution is 0.176. The van der Waals surface area contributed by atoms with Gasteiger partial charge in [-0.1, -0.05) is 13.3 Å². The highest BCUT2D eigenvalue weighted by Gasteiger charge is 2.18. The van der Waals surface area contributed by atoms with Crippen LogP contribution >= 0.6 is 11.8 Å². The van der Waals surface area contributed by atoms with Crippen LogP contribution in [0.3, 0.4) is 0 Å². The zero-order valence-corrected chi connectivity index (χ0v) is 11.5. The van der Waals surface area contributed by atoms with Crippen molar-refractivity contribution in [2.75, 3.05) is 32.0 Å². The van der Waals surface area contributed by atoms with Gasteiger partial charge in [-0.25, -0.2) is 4.79 Å². The summed E-state index contributed by atoms with van der Waals surface area (Å²) in [4.78, 5) is 13.6. The van der Waals surface area contributed by atoms with E-state index in [0.717, 1.165) is 25.9 Å². The Kier molecular flexibility index (Phi) is 7.44. The number of nitrogens with one attached hydrogen (secondary N) is 1. The van der Waals surface area contributed by atoms with Gasteiger partial charge in [0.15, 0.2) is 0 Å². The average molecular weight is 260 g/mol. The zero-order valence-electron chi connectivity index (χ0n) is 10.7. The molecule has 4 nitrogen and oxygen atoms in total. The molecule has 0 saturated carbocycles. The molecular formula is C12H24N2O2S. The number of aliphatic hydroxyl groups is 1. The second-order valence-electron chi connectivity index (χ2n) is 4.39. The molecular weight excluding hydrogens is 236 g/mol. The monoisotopic (exact) mass is 260 g/mol. The van der Waals surface area contributed by atoms with E-state index >= 15 is 0 Å². The number of hydrogen-bond donors (Lipinski definition) is 2. The lowest BCUT2D eigenvalue weighted by Crippen LogP contribution is -2.43. The quantitative estimate of drug-likeness (QED) is 0.732. The Balaban J connectivity index is 2.24. The maximum absolute atomic E-state index is 11.9. The van der Waals surface area contributed by atoms with E-state index in [1.54, 1.807) is 4.90 Å². The first-order chi connectivity index (χ1) is 8.27. The van der Waals surface area contributed by atoms with E-state index in [1.165, 1.54) is 18.6 Å². The number of aliphatic hydroxyl groups excluding tert-OH is 1. The van der Waals surface area contributed by atoms with Crippen LogP contribution in [0.5, 0.6) is 0 Å². The van der Waals surface area contributed by atoms with Crippen molar-refractivity contribution in [3.05, 3.63) is 0 Å². The number of unbranched alkanes of at least 4 members (excludes halogenated alkanes) is 1. The van der Waals surface area contributed by atoms with Crippen molar-refractivity contribution in [1.29, 1.82) is 0 Å². The summed E-state index contributed by atoms with van der Waals surface area (Å²) in [6.07, 6.45) is 4.53. The molecule has 0 aliphatic carbocycles.